The number of rotatable bonds is 4. The molecular weight excluding hydrogens is 253 g/mol. The van der Waals surface area contributed by atoms with Crippen LogP contribution in [0.15, 0.2) is 18.2 Å². The van der Waals surface area contributed by atoms with Gasteiger partial charge in [-0.1, -0.05) is 19.1 Å². The van der Waals surface area contributed by atoms with Crippen LogP contribution >= 0.6 is 0 Å². The highest BCUT2D eigenvalue weighted by atomic mass is 16.5. The standard InChI is InChI=1S/C15H24BNO3/c1-12-4-3-8-17(9-7-12)11-13-10-14(16(18)19)5-6-15(13)20-2/h5-6,10,12,18-19H,3-4,7-9,11H2,1-2H3. The van der Waals surface area contributed by atoms with Gasteiger partial charge in [0, 0.05) is 12.1 Å². The van der Waals surface area contributed by atoms with Crippen molar-refractivity contribution in [3.8, 4) is 5.75 Å². The number of likely N-dealkylation sites (tertiary alicyclic amines) is 1. The summed E-state index contributed by atoms with van der Waals surface area (Å²) in [5.74, 6) is 1.61. The third kappa shape index (κ3) is 3.98. The van der Waals surface area contributed by atoms with Crippen molar-refractivity contribution in [1.82, 2.24) is 4.90 Å². The summed E-state index contributed by atoms with van der Waals surface area (Å²) in [6.07, 6.45) is 3.75. The van der Waals surface area contributed by atoms with Gasteiger partial charge in [0.05, 0.1) is 7.11 Å². The van der Waals surface area contributed by atoms with E-state index >= 15 is 0 Å². The first-order valence-electron chi connectivity index (χ1n) is 7.35. The molecule has 0 aliphatic carbocycles. The van der Waals surface area contributed by atoms with Gasteiger partial charge in [0.25, 0.3) is 0 Å². The van der Waals surface area contributed by atoms with Gasteiger partial charge in [-0.25, -0.2) is 0 Å². The van der Waals surface area contributed by atoms with Gasteiger partial charge in [-0.2, -0.15) is 0 Å². The monoisotopic (exact) mass is 277 g/mol. The predicted octanol–water partition coefficient (Wildman–Crippen LogP) is 0.997. The average molecular weight is 277 g/mol. The van der Waals surface area contributed by atoms with Gasteiger partial charge < -0.3 is 14.8 Å². The summed E-state index contributed by atoms with van der Waals surface area (Å²) < 4.78 is 5.38. The SMILES string of the molecule is COc1ccc(B(O)O)cc1CN1CCCC(C)CC1. The first-order chi connectivity index (χ1) is 9.60. The molecule has 1 aliphatic rings. The molecule has 1 aliphatic heterocycles. The normalized spacial score (nSPS) is 20.5. The molecule has 1 fully saturated rings. The van der Waals surface area contributed by atoms with Crippen molar-refractivity contribution in [2.75, 3.05) is 20.2 Å². The predicted molar refractivity (Wildman–Crippen MR) is 81.1 cm³/mol. The van der Waals surface area contributed by atoms with Crippen LogP contribution in [0, 0.1) is 5.92 Å². The molecule has 1 saturated heterocycles. The number of benzene rings is 1. The van der Waals surface area contributed by atoms with Crippen LogP contribution in [0.25, 0.3) is 0 Å². The van der Waals surface area contributed by atoms with E-state index in [0.29, 0.717) is 5.46 Å². The van der Waals surface area contributed by atoms with Crippen LogP contribution in [0.2, 0.25) is 0 Å². The summed E-state index contributed by atoms with van der Waals surface area (Å²) in [5, 5.41) is 18.6. The van der Waals surface area contributed by atoms with E-state index in [1.54, 1.807) is 13.2 Å². The lowest BCUT2D eigenvalue weighted by Gasteiger charge is -2.21. The fraction of sp³-hybridized carbons (Fsp3) is 0.600. The van der Waals surface area contributed by atoms with E-state index in [2.05, 4.69) is 11.8 Å². The fourth-order valence-electron chi connectivity index (χ4n) is 2.80. The van der Waals surface area contributed by atoms with E-state index < -0.39 is 7.12 Å². The second-order valence-electron chi connectivity index (χ2n) is 5.76. The van der Waals surface area contributed by atoms with E-state index in [1.165, 1.54) is 19.3 Å². The third-order valence-corrected chi connectivity index (χ3v) is 4.11. The highest BCUT2D eigenvalue weighted by molar-refractivity contribution is 6.58. The molecule has 1 heterocycles. The van der Waals surface area contributed by atoms with Gasteiger partial charge >= 0.3 is 7.12 Å². The van der Waals surface area contributed by atoms with Crippen molar-refractivity contribution < 1.29 is 14.8 Å². The highest BCUT2D eigenvalue weighted by Gasteiger charge is 2.18. The average Bonchev–Trinajstić information content (AvgIpc) is 2.63. The number of hydrogen-bond donors (Lipinski definition) is 2. The molecule has 0 spiro atoms. The fourth-order valence-corrected chi connectivity index (χ4v) is 2.80. The Labute approximate surface area is 121 Å². The molecule has 5 heteroatoms. The maximum absolute atomic E-state index is 9.30. The molecule has 20 heavy (non-hydrogen) atoms. The van der Waals surface area contributed by atoms with E-state index in [4.69, 9.17) is 4.74 Å². The molecule has 0 radical (unpaired) electrons. The maximum Gasteiger partial charge on any atom is 0.488 e. The van der Waals surface area contributed by atoms with Gasteiger partial charge in [0.15, 0.2) is 0 Å². The minimum Gasteiger partial charge on any atom is -0.496 e. The van der Waals surface area contributed by atoms with Crippen molar-refractivity contribution in [1.29, 1.82) is 0 Å². The first-order valence-corrected chi connectivity index (χ1v) is 7.35. The van der Waals surface area contributed by atoms with Crippen LogP contribution in [-0.4, -0.2) is 42.3 Å². The van der Waals surface area contributed by atoms with Crippen LogP contribution in [0.1, 0.15) is 31.7 Å². The quantitative estimate of drug-likeness (QED) is 0.806. The van der Waals surface area contributed by atoms with Crippen LogP contribution in [-0.2, 0) is 6.54 Å². The minimum absolute atomic E-state index is 0.518. The molecule has 0 aromatic heterocycles. The van der Waals surface area contributed by atoms with Crippen LogP contribution in [0.3, 0.4) is 0 Å². The molecule has 1 unspecified atom stereocenters. The van der Waals surface area contributed by atoms with Crippen molar-refractivity contribution in [3.05, 3.63) is 23.8 Å². The van der Waals surface area contributed by atoms with E-state index in [1.807, 2.05) is 12.1 Å². The Morgan fingerprint density at radius 3 is 2.80 bits per heavy atom. The van der Waals surface area contributed by atoms with Gasteiger partial charge in [-0.3, -0.25) is 4.90 Å². The molecule has 4 nitrogen and oxygen atoms in total. The zero-order valence-electron chi connectivity index (χ0n) is 12.4. The van der Waals surface area contributed by atoms with E-state index in [9.17, 15) is 10.0 Å². The second kappa shape index (κ2) is 7.11. The van der Waals surface area contributed by atoms with Gasteiger partial charge in [0.2, 0.25) is 0 Å². The Morgan fingerprint density at radius 2 is 2.10 bits per heavy atom. The summed E-state index contributed by atoms with van der Waals surface area (Å²) in [6.45, 7) is 5.30. The Morgan fingerprint density at radius 1 is 1.30 bits per heavy atom. The Kier molecular flexibility index (Phi) is 5.46. The van der Waals surface area contributed by atoms with Crippen LogP contribution in [0.4, 0.5) is 0 Å². The van der Waals surface area contributed by atoms with Crippen LogP contribution in [0.5, 0.6) is 5.75 Å². The van der Waals surface area contributed by atoms with Gasteiger partial charge in [-0.15, -0.1) is 0 Å². The number of hydrogen-bond acceptors (Lipinski definition) is 4. The van der Waals surface area contributed by atoms with Crippen molar-refractivity contribution in [2.45, 2.75) is 32.7 Å². The Balaban J connectivity index is 2.12. The van der Waals surface area contributed by atoms with Crippen molar-refractivity contribution >= 4 is 12.6 Å². The second-order valence-corrected chi connectivity index (χ2v) is 5.76. The van der Waals surface area contributed by atoms with Crippen LogP contribution < -0.4 is 10.2 Å². The summed E-state index contributed by atoms with van der Waals surface area (Å²) >= 11 is 0. The molecule has 2 rings (SSSR count). The lowest BCUT2D eigenvalue weighted by atomic mass is 9.79. The molecule has 2 N–H and O–H groups in total. The molecule has 1 aromatic carbocycles. The first kappa shape index (κ1) is 15.4. The van der Waals surface area contributed by atoms with Crippen molar-refractivity contribution in [2.24, 2.45) is 5.92 Å². The molecule has 0 saturated carbocycles. The topological polar surface area (TPSA) is 52.9 Å². The molecule has 1 aromatic rings. The lowest BCUT2D eigenvalue weighted by Crippen LogP contribution is -2.31. The van der Waals surface area contributed by atoms with Gasteiger partial charge in [-0.05, 0) is 49.8 Å². The lowest BCUT2D eigenvalue weighted by molar-refractivity contribution is 0.268. The van der Waals surface area contributed by atoms with Crippen molar-refractivity contribution in [3.63, 3.8) is 0 Å². The number of nitrogens with zero attached hydrogens (tertiary/aromatic N) is 1. The molecular formula is C15H24BNO3. The summed E-state index contributed by atoms with van der Waals surface area (Å²) in [5.41, 5.74) is 1.54. The molecule has 110 valence electrons. The number of ether oxygens (including phenoxy) is 1. The van der Waals surface area contributed by atoms with Gasteiger partial charge in [0.1, 0.15) is 5.75 Å². The molecule has 0 amide bonds. The maximum atomic E-state index is 9.30. The minimum atomic E-state index is -1.43. The smallest absolute Gasteiger partial charge is 0.488 e. The summed E-state index contributed by atoms with van der Waals surface area (Å²) in [6, 6.07) is 5.33. The molecule has 1 atom stereocenters. The zero-order chi connectivity index (χ0) is 14.5. The summed E-state index contributed by atoms with van der Waals surface area (Å²) in [4.78, 5) is 2.43. The third-order valence-electron chi connectivity index (χ3n) is 4.11. The number of methoxy groups -OCH3 is 1. The molecule has 0 bridgehead atoms. The Hall–Kier alpha value is -1.04. The Bertz CT molecular complexity index is 439. The summed E-state index contributed by atoms with van der Waals surface area (Å²) in [7, 11) is 0.224. The zero-order valence-corrected chi connectivity index (χ0v) is 12.4. The van der Waals surface area contributed by atoms with E-state index in [-0.39, 0.29) is 0 Å². The van der Waals surface area contributed by atoms with E-state index in [0.717, 1.165) is 36.9 Å². The highest BCUT2D eigenvalue weighted by Crippen LogP contribution is 2.22. The largest absolute Gasteiger partial charge is 0.496 e.